The largest absolute Gasteiger partial charge is 0.462 e. The van der Waals surface area contributed by atoms with Crippen LogP contribution in [0.15, 0.2) is 79.3 Å². The Hall–Kier alpha value is -3.81. The molecule has 0 N–H and O–H groups in total. The molecule has 0 heterocycles. The number of esters is 2. The second kappa shape index (κ2) is 9.80. The first kappa shape index (κ1) is 23.5. The molecular formula is C23H19F3O5. The first-order valence-corrected chi connectivity index (χ1v) is 8.86. The number of carbonyl (C=O) groups excluding carboxylic acids is 2. The highest BCUT2D eigenvalue weighted by Gasteiger charge is 2.35. The van der Waals surface area contributed by atoms with Gasteiger partial charge < -0.3 is 14.2 Å². The maximum Gasteiger partial charge on any atom is 0.420 e. The van der Waals surface area contributed by atoms with E-state index in [1.54, 1.807) is 12.1 Å². The summed E-state index contributed by atoms with van der Waals surface area (Å²) in [6.07, 6.45) is -2.54. The SMILES string of the molecule is C=C(C)C(=O)O/C=C\Oc1ccc(-c2ccc(OC(=O)C(=C)C)c(C(F)(F)F)c2)cc1. The molecule has 31 heavy (non-hydrogen) atoms. The van der Waals surface area contributed by atoms with Crippen LogP contribution in [0.4, 0.5) is 13.2 Å². The highest BCUT2D eigenvalue weighted by Crippen LogP contribution is 2.39. The second-order valence-corrected chi connectivity index (χ2v) is 6.48. The van der Waals surface area contributed by atoms with Gasteiger partial charge >= 0.3 is 18.1 Å². The lowest BCUT2D eigenvalue weighted by atomic mass is 10.0. The number of benzene rings is 2. The van der Waals surface area contributed by atoms with Crippen molar-refractivity contribution in [1.82, 2.24) is 0 Å². The van der Waals surface area contributed by atoms with Gasteiger partial charge in [-0.1, -0.05) is 31.4 Å². The zero-order valence-electron chi connectivity index (χ0n) is 16.8. The van der Waals surface area contributed by atoms with Gasteiger partial charge in [-0.05, 0) is 49.2 Å². The van der Waals surface area contributed by atoms with Gasteiger partial charge in [0.15, 0.2) is 0 Å². The number of rotatable bonds is 7. The molecule has 0 bridgehead atoms. The zero-order valence-corrected chi connectivity index (χ0v) is 16.8. The van der Waals surface area contributed by atoms with Gasteiger partial charge in [-0.15, -0.1) is 0 Å². The van der Waals surface area contributed by atoms with Crippen LogP contribution in [0.3, 0.4) is 0 Å². The summed E-state index contributed by atoms with van der Waals surface area (Å²) in [6, 6.07) is 9.56. The third kappa shape index (κ3) is 6.60. The minimum Gasteiger partial charge on any atom is -0.462 e. The van der Waals surface area contributed by atoms with Gasteiger partial charge in [0.25, 0.3) is 0 Å². The molecule has 5 nitrogen and oxygen atoms in total. The normalized spacial score (nSPS) is 11.1. The van der Waals surface area contributed by atoms with Crippen LogP contribution in [0.2, 0.25) is 0 Å². The Morgan fingerprint density at radius 2 is 1.45 bits per heavy atom. The van der Waals surface area contributed by atoms with Crippen LogP contribution in [0.25, 0.3) is 11.1 Å². The van der Waals surface area contributed by atoms with E-state index < -0.39 is 29.4 Å². The molecule has 0 saturated carbocycles. The van der Waals surface area contributed by atoms with Gasteiger partial charge in [-0.2, -0.15) is 13.2 Å². The highest BCUT2D eigenvalue weighted by molar-refractivity contribution is 5.89. The first-order valence-electron chi connectivity index (χ1n) is 8.86. The minimum atomic E-state index is -4.73. The molecule has 0 spiro atoms. The van der Waals surface area contributed by atoms with Crippen molar-refractivity contribution in [3.8, 4) is 22.6 Å². The fraction of sp³-hybridized carbons (Fsp3) is 0.130. The van der Waals surface area contributed by atoms with E-state index in [0.717, 1.165) is 24.7 Å². The Bertz CT molecular complexity index is 1030. The van der Waals surface area contributed by atoms with Crippen LogP contribution in [0.5, 0.6) is 11.5 Å². The molecule has 0 aliphatic heterocycles. The summed E-state index contributed by atoms with van der Waals surface area (Å²) in [5.41, 5.74) is -0.126. The smallest absolute Gasteiger partial charge is 0.420 e. The molecule has 0 aliphatic rings. The summed E-state index contributed by atoms with van der Waals surface area (Å²) in [6.45, 7) is 9.63. The number of hydrogen-bond acceptors (Lipinski definition) is 5. The third-order valence-electron chi connectivity index (χ3n) is 3.81. The van der Waals surface area contributed by atoms with Crippen molar-refractivity contribution in [2.45, 2.75) is 20.0 Å². The Morgan fingerprint density at radius 3 is 2.00 bits per heavy atom. The fourth-order valence-electron chi connectivity index (χ4n) is 2.23. The van der Waals surface area contributed by atoms with Crippen LogP contribution in [-0.2, 0) is 20.5 Å². The zero-order chi connectivity index (χ0) is 23.2. The van der Waals surface area contributed by atoms with Gasteiger partial charge in [0.2, 0.25) is 0 Å². The van der Waals surface area contributed by atoms with Crippen molar-refractivity contribution < 1.29 is 37.0 Å². The summed E-state index contributed by atoms with van der Waals surface area (Å²) in [7, 11) is 0. The van der Waals surface area contributed by atoms with Gasteiger partial charge in [0.05, 0.1) is 5.56 Å². The van der Waals surface area contributed by atoms with E-state index in [1.807, 2.05) is 0 Å². The molecule has 0 atom stereocenters. The average molecular weight is 432 g/mol. The molecule has 2 aromatic rings. The van der Waals surface area contributed by atoms with E-state index in [0.29, 0.717) is 11.3 Å². The Labute approximate surface area is 177 Å². The van der Waals surface area contributed by atoms with Crippen LogP contribution in [-0.4, -0.2) is 11.9 Å². The van der Waals surface area contributed by atoms with Crippen LogP contribution in [0.1, 0.15) is 19.4 Å². The van der Waals surface area contributed by atoms with E-state index in [4.69, 9.17) is 14.2 Å². The summed E-state index contributed by atoms with van der Waals surface area (Å²) in [4.78, 5) is 22.9. The van der Waals surface area contributed by atoms with Gasteiger partial charge in [0.1, 0.15) is 24.0 Å². The Kier molecular flexibility index (Phi) is 7.42. The average Bonchev–Trinajstić information content (AvgIpc) is 2.70. The number of carbonyl (C=O) groups is 2. The molecule has 0 radical (unpaired) electrons. The van der Waals surface area contributed by atoms with Gasteiger partial charge in [0, 0.05) is 11.1 Å². The molecule has 0 aliphatic carbocycles. The molecule has 2 aromatic carbocycles. The summed E-state index contributed by atoms with van der Waals surface area (Å²) >= 11 is 0. The van der Waals surface area contributed by atoms with Crippen molar-refractivity contribution >= 4 is 11.9 Å². The van der Waals surface area contributed by atoms with Crippen LogP contribution in [0, 0.1) is 0 Å². The molecule has 0 aromatic heterocycles. The Balaban J connectivity index is 2.19. The number of ether oxygens (including phenoxy) is 3. The molecule has 0 unspecified atom stereocenters. The summed E-state index contributed by atoms with van der Waals surface area (Å²) < 4.78 is 55.2. The Morgan fingerprint density at radius 1 is 0.871 bits per heavy atom. The molecular weight excluding hydrogens is 413 g/mol. The predicted molar refractivity (Wildman–Crippen MR) is 108 cm³/mol. The first-order chi connectivity index (χ1) is 14.5. The fourth-order valence-corrected chi connectivity index (χ4v) is 2.23. The van der Waals surface area contributed by atoms with Gasteiger partial charge in [-0.25, -0.2) is 9.59 Å². The lowest BCUT2D eigenvalue weighted by Crippen LogP contribution is -2.14. The van der Waals surface area contributed by atoms with Gasteiger partial charge in [-0.3, -0.25) is 0 Å². The summed E-state index contributed by atoms with van der Waals surface area (Å²) in [5.74, 6) is -1.78. The van der Waals surface area contributed by atoms with Crippen LogP contribution < -0.4 is 9.47 Å². The molecule has 2 rings (SSSR count). The predicted octanol–water partition coefficient (Wildman–Crippen LogP) is 5.82. The van der Waals surface area contributed by atoms with Crippen molar-refractivity contribution in [2.24, 2.45) is 0 Å². The molecule has 162 valence electrons. The molecule has 0 fully saturated rings. The molecule has 0 amide bonds. The number of hydrogen-bond donors (Lipinski definition) is 0. The highest BCUT2D eigenvalue weighted by atomic mass is 19.4. The van der Waals surface area contributed by atoms with Crippen molar-refractivity contribution in [2.75, 3.05) is 0 Å². The topological polar surface area (TPSA) is 61.8 Å². The second-order valence-electron chi connectivity index (χ2n) is 6.48. The molecule has 8 heteroatoms. The number of alkyl halides is 3. The molecule has 0 saturated heterocycles. The lowest BCUT2D eigenvalue weighted by Gasteiger charge is -2.14. The standard InChI is InChI=1S/C23H19F3O5/c1-14(2)21(27)30-12-11-29-18-8-5-16(6-9-18)17-7-10-20(31-22(28)15(3)4)19(13-17)23(24,25)26/h5-13H,1,3H2,2,4H3/b12-11-. The van der Waals surface area contributed by atoms with Crippen molar-refractivity contribution in [1.29, 1.82) is 0 Å². The van der Waals surface area contributed by atoms with E-state index >= 15 is 0 Å². The van der Waals surface area contributed by atoms with E-state index in [2.05, 4.69) is 13.2 Å². The lowest BCUT2D eigenvalue weighted by molar-refractivity contribution is -0.141. The van der Waals surface area contributed by atoms with Crippen LogP contribution >= 0.6 is 0 Å². The number of halogens is 3. The summed E-state index contributed by atoms with van der Waals surface area (Å²) in [5, 5.41) is 0. The maximum atomic E-state index is 13.5. The maximum absolute atomic E-state index is 13.5. The van der Waals surface area contributed by atoms with E-state index in [1.165, 1.54) is 32.0 Å². The van der Waals surface area contributed by atoms with E-state index in [-0.39, 0.29) is 16.7 Å². The monoisotopic (exact) mass is 432 g/mol. The van der Waals surface area contributed by atoms with Crippen molar-refractivity contribution in [3.05, 3.63) is 84.9 Å². The van der Waals surface area contributed by atoms with E-state index in [9.17, 15) is 22.8 Å². The third-order valence-corrected chi connectivity index (χ3v) is 3.81. The minimum absolute atomic E-state index is 0.0174. The van der Waals surface area contributed by atoms with Crippen molar-refractivity contribution in [3.63, 3.8) is 0 Å². The quantitative estimate of drug-likeness (QED) is 0.239.